The van der Waals surface area contributed by atoms with Gasteiger partial charge in [0.2, 0.25) is 5.91 Å². The Kier molecular flexibility index (Phi) is 9.43. The van der Waals surface area contributed by atoms with Crippen molar-refractivity contribution < 1.29 is 18.7 Å². The van der Waals surface area contributed by atoms with E-state index in [1.165, 1.54) is 12.2 Å². The average Bonchev–Trinajstić information content (AvgIpc) is 3.87. The predicted octanol–water partition coefficient (Wildman–Crippen LogP) is 5.25. The van der Waals surface area contributed by atoms with Gasteiger partial charge in [-0.1, -0.05) is 35.9 Å². The highest BCUT2D eigenvalue weighted by molar-refractivity contribution is 6.36. The SMILES string of the molecule is N#CC[C@H]1CN(c2nc(OCCCOC3CC3)nc3c2CCN(c2cccc4cccc(Cl)c24)C3)CCN1C(=O)/C=C/CF. The van der Waals surface area contributed by atoms with Gasteiger partial charge in [0, 0.05) is 55.3 Å². The van der Waals surface area contributed by atoms with E-state index < -0.39 is 6.67 Å². The smallest absolute Gasteiger partial charge is 0.318 e. The minimum Gasteiger partial charge on any atom is -0.463 e. The Morgan fingerprint density at radius 2 is 1.95 bits per heavy atom. The van der Waals surface area contributed by atoms with Gasteiger partial charge in [-0.3, -0.25) is 4.79 Å². The molecule has 0 N–H and O–H groups in total. The predicted molar refractivity (Wildman–Crippen MR) is 168 cm³/mol. The highest BCUT2D eigenvalue weighted by atomic mass is 35.5. The number of allylic oxidation sites excluding steroid dienone is 1. The number of benzene rings is 2. The number of nitriles is 1. The number of carbonyl (C=O) groups excluding carboxylic acids is 1. The number of amides is 1. The van der Waals surface area contributed by atoms with Gasteiger partial charge in [-0.15, -0.1) is 0 Å². The summed E-state index contributed by atoms with van der Waals surface area (Å²) in [7, 11) is 0. The molecule has 230 valence electrons. The topological polar surface area (TPSA) is 94.8 Å². The molecule has 1 saturated heterocycles. The van der Waals surface area contributed by atoms with E-state index in [4.69, 9.17) is 31.0 Å². The summed E-state index contributed by atoms with van der Waals surface area (Å²) in [5, 5.41) is 12.4. The van der Waals surface area contributed by atoms with Gasteiger partial charge in [-0.2, -0.15) is 15.2 Å². The number of alkyl halides is 1. The molecule has 3 heterocycles. The first-order chi connectivity index (χ1) is 21.6. The molecule has 1 aliphatic carbocycles. The number of anilines is 2. The zero-order chi connectivity index (χ0) is 30.5. The number of hydrogen-bond donors (Lipinski definition) is 0. The molecule has 44 heavy (non-hydrogen) atoms. The van der Waals surface area contributed by atoms with Crippen LogP contribution < -0.4 is 14.5 Å². The fourth-order valence-electron chi connectivity index (χ4n) is 6.03. The summed E-state index contributed by atoms with van der Waals surface area (Å²) in [5.74, 6) is 0.498. The number of hydrogen-bond acceptors (Lipinski definition) is 8. The van der Waals surface area contributed by atoms with E-state index in [2.05, 4.69) is 34.1 Å². The number of halogens is 2. The van der Waals surface area contributed by atoms with Crippen molar-refractivity contribution in [3.8, 4) is 12.1 Å². The molecular formula is C33H36ClFN6O3. The molecule has 6 rings (SSSR count). The molecule has 0 unspecified atom stereocenters. The van der Waals surface area contributed by atoms with E-state index in [0.717, 1.165) is 59.3 Å². The molecule has 1 amide bonds. The number of rotatable bonds is 11. The van der Waals surface area contributed by atoms with Gasteiger partial charge < -0.3 is 24.2 Å². The number of piperazine rings is 1. The number of fused-ring (bicyclic) bond motifs is 2. The molecule has 9 nitrogen and oxygen atoms in total. The Hall–Kier alpha value is -3.94. The van der Waals surface area contributed by atoms with Crippen molar-refractivity contribution in [1.82, 2.24) is 14.9 Å². The van der Waals surface area contributed by atoms with Crippen LogP contribution in [0.1, 0.15) is 36.9 Å². The first-order valence-electron chi connectivity index (χ1n) is 15.3. The first kappa shape index (κ1) is 30.1. The van der Waals surface area contributed by atoms with Gasteiger partial charge in [0.25, 0.3) is 0 Å². The second kappa shape index (κ2) is 13.8. The summed E-state index contributed by atoms with van der Waals surface area (Å²) in [4.78, 5) is 28.6. The second-order valence-electron chi connectivity index (χ2n) is 11.4. The van der Waals surface area contributed by atoms with Crippen molar-refractivity contribution in [2.75, 3.05) is 55.9 Å². The average molecular weight is 619 g/mol. The van der Waals surface area contributed by atoms with Gasteiger partial charge in [-0.05, 0) is 42.9 Å². The summed E-state index contributed by atoms with van der Waals surface area (Å²) < 4.78 is 24.5. The normalized spacial score (nSPS) is 18.5. The summed E-state index contributed by atoms with van der Waals surface area (Å²) >= 11 is 6.68. The molecule has 1 saturated carbocycles. The third-order valence-electron chi connectivity index (χ3n) is 8.33. The highest BCUT2D eigenvalue weighted by Crippen LogP contribution is 2.37. The fourth-order valence-corrected chi connectivity index (χ4v) is 6.30. The van der Waals surface area contributed by atoms with Crippen LogP contribution in [0.25, 0.3) is 10.8 Å². The van der Waals surface area contributed by atoms with E-state index in [0.29, 0.717) is 63.0 Å². The molecule has 3 aromatic rings. The van der Waals surface area contributed by atoms with E-state index in [-0.39, 0.29) is 18.4 Å². The number of carbonyl (C=O) groups is 1. The van der Waals surface area contributed by atoms with Gasteiger partial charge in [-0.25, -0.2) is 4.39 Å². The van der Waals surface area contributed by atoms with Crippen LogP contribution in [-0.2, 0) is 22.5 Å². The molecule has 3 aliphatic rings. The van der Waals surface area contributed by atoms with Gasteiger partial charge in [0.1, 0.15) is 12.5 Å². The lowest BCUT2D eigenvalue weighted by atomic mass is 10.0. The maximum atomic E-state index is 12.8. The maximum Gasteiger partial charge on any atom is 0.318 e. The van der Waals surface area contributed by atoms with E-state index in [1.807, 2.05) is 18.2 Å². The van der Waals surface area contributed by atoms with Crippen molar-refractivity contribution in [3.63, 3.8) is 0 Å². The molecule has 2 aromatic carbocycles. The van der Waals surface area contributed by atoms with Crippen LogP contribution in [0.3, 0.4) is 0 Å². The van der Waals surface area contributed by atoms with E-state index >= 15 is 0 Å². The van der Waals surface area contributed by atoms with Gasteiger partial charge in [0.05, 0.1) is 55.1 Å². The molecule has 2 aliphatic heterocycles. The number of aromatic nitrogens is 2. The Balaban J connectivity index is 1.28. The van der Waals surface area contributed by atoms with Crippen LogP contribution in [-0.4, -0.2) is 79.0 Å². The summed E-state index contributed by atoms with van der Waals surface area (Å²) in [6.07, 6.45) is 6.73. The van der Waals surface area contributed by atoms with Crippen LogP contribution >= 0.6 is 11.6 Å². The van der Waals surface area contributed by atoms with Crippen LogP contribution in [0.2, 0.25) is 5.02 Å². The highest BCUT2D eigenvalue weighted by Gasteiger charge is 2.33. The quantitative estimate of drug-likeness (QED) is 0.212. The summed E-state index contributed by atoms with van der Waals surface area (Å²) in [6.45, 7) is 3.04. The molecule has 11 heteroatoms. The molecular weight excluding hydrogens is 583 g/mol. The van der Waals surface area contributed by atoms with Crippen LogP contribution in [0.5, 0.6) is 6.01 Å². The van der Waals surface area contributed by atoms with E-state index in [1.54, 1.807) is 4.90 Å². The van der Waals surface area contributed by atoms with Crippen molar-refractivity contribution in [2.45, 2.75) is 50.8 Å². The summed E-state index contributed by atoms with van der Waals surface area (Å²) in [6, 6.07) is 14.3. The Bertz CT molecular complexity index is 1570. The molecule has 0 bridgehead atoms. The summed E-state index contributed by atoms with van der Waals surface area (Å²) in [5.41, 5.74) is 2.99. The molecule has 1 atom stereocenters. The van der Waals surface area contributed by atoms with Gasteiger partial charge in [0.15, 0.2) is 0 Å². The van der Waals surface area contributed by atoms with Crippen molar-refractivity contribution in [1.29, 1.82) is 5.26 Å². The van der Waals surface area contributed by atoms with Crippen molar-refractivity contribution in [3.05, 3.63) is 64.8 Å². The van der Waals surface area contributed by atoms with Crippen LogP contribution in [0.4, 0.5) is 15.9 Å². The van der Waals surface area contributed by atoms with Crippen molar-refractivity contribution >= 4 is 39.8 Å². The van der Waals surface area contributed by atoms with E-state index in [9.17, 15) is 14.4 Å². The van der Waals surface area contributed by atoms with Crippen molar-refractivity contribution in [2.24, 2.45) is 0 Å². The Labute approximate surface area is 261 Å². The molecule has 2 fully saturated rings. The van der Waals surface area contributed by atoms with Crippen LogP contribution in [0, 0.1) is 11.3 Å². The lowest BCUT2D eigenvalue weighted by Gasteiger charge is -2.42. The standard InChI is InChI=1S/C33H36ClFN6O3/c34-27-7-1-5-23-6-2-8-29(31(23)27)39-16-13-26-28(22-39)37-33(44-20-4-19-43-25-10-11-25)38-32(26)40-17-18-41(24(21-40)12-15-36)30(42)9-3-14-35/h1-3,5-9,24-25H,4,10-14,16-22H2/b9-3+/t24-/m0/s1. The minimum absolute atomic E-state index is 0.166. The lowest BCUT2D eigenvalue weighted by Crippen LogP contribution is -2.55. The maximum absolute atomic E-state index is 12.8. The van der Waals surface area contributed by atoms with Crippen LogP contribution in [0.15, 0.2) is 48.6 Å². The second-order valence-corrected chi connectivity index (χ2v) is 11.8. The molecule has 0 spiro atoms. The molecule has 0 radical (unpaired) electrons. The van der Waals surface area contributed by atoms with Gasteiger partial charge >= 0.3 is 6.01 Å². The number of ether oxygens (including phenoxy) is 2. The zero-order valence-corrected chi connectivity index (χ0v) is 25.4. The monoisotopic (exact) mass is 618 g/mol. The third-order valence-corrected chi connectivity index (χ3v) is 8.65. The third kappa shape index (κ3) is 6.74. The zero-order valence-electron chi connectivity index (χ0n) is 24.6. The number of nitrogens with zero attached hydrogens (tertiary/aromatic N) is 6. The minimum atomic E-state index is -0.709. The Morgan fingerprint density at radius 3 is 2.75 bits per heavy atom. The fraction of sp³-hybridized carbons (Fsp3) is 0.455. The Morgan fingerprint density at radius 1 is 1.11 bits per heavy atom. The largest absolute Gasteiger partial charge is 0.463 e. The first-order valence-corrected chi connectivity index (χ1v) is 15.6. The molecule has 1 aromatic heterocycles. The lowest BCUT2D eigenvalue weighted by molar-refractivity contribution is -0.128.